The monoisotopic (exact) mass is 278 g/mol. The Morgan fingerprint density at radius 1 is 1.35 bits per heavy atom. The maximum atomic E-state index is 12.0. The van der Waals surface area contributed by atoms with Crippen molar-refractivity contribution < 1.29 is 14.8 Å². The zero-order chi connectivity index (χ0) is 15.1. The maximum Gasteiger partial charge on any atom is 0.475 e. The predicted octanol–water partition coefficient (Wildman–Crippen LogP) is 0.0993. The predicted molar refractivity (Wildman–Crippen MR) is 79.7 cm³/mol. The van der Waals surface area contributed by atoms with Gasteiger partial charge in [-0.3, -0.25) is 4.79 Å². The number of carbonyl (C=O) groups excluding carboxylic acids is 1. The normalized spacial score (nSPS) is 15.2. The molecule has 20 heavy (non-hydrogen) atoms. The third kappa shape index (κ3) is 4.96. The Kier molecular flexibility index (Phi) is 6.71. The minimum absolute atomic E-state index is 0.0446. The minimum Gasteiger partial charge on any atom is -0.426 e. The van der Waals surface area contributed by atoms with Crippen molar-refractivity contribution in [2.75, 3.05) is 0 Å². The van der Waals surface area contributed by atoms with Crippen molar-refractivity contribution in [2.45, 2.75) is 38.7 Å². The van der Waals surface area contributed by atoms with Gasteiger partial charge in [-0.05, 0) is 17.9 Å². The van der Waals surface area contributed by atoms with Crippen molar-refractivity contribution in [1.29, 1.82) is 0 Å². The van der Waals surface area contributed by atoms with Crippen LogP contribution in [-0.2, 0) is 11.2 Å². The summed E-state index contributed by atoms with van der Waals surface area (Å²) in [6, 6.07) is 8.71. The van der Waals surface area contributed by atoms with E-state index in [0.717, 1.165) is 12.0 Å². The van der Waals surface area contributed by atoms with Gasteiger partial charge in [0.1, 0.15) is 0 Å². The topological polar surface area (TPSA) is 95.6 Å². The van der Waals surface area contributed by atoms with Crippen LogP contribution in [0.25, 0.3) is 0 Å². The van der Waals surface area contributed by atoms with Crippen LogP contribution >= 0.6 is 0 Å². The van der Waals surface area contributed by atoms with Gasteiger partial charge in [0.05, 0.1) is 12.0 Å². The summed E-state index contributed by atoms with van der Waals surface area (Å²) < 4.78 is 0. The summed E-state index contributed by atoms with van der Waals surface area (Å²) in [4.78, 5) is 12.0. The van der Waals surface area contributed by atoms with E-state index in [0.29, 0.717) is 6.42 Å². The quantitative estimate of drug-likeness (QED) is 0.532. The van der Waals surface area contributed by atoms with E-state index in [-0.39, 0.29) is 11.8 Å². The Bertz CT molecular complexity index is 414. The molecule has 3 atom stereocenters. The number of carbonyl (C=O) groups is 1. The number of hydrogen-bond donors (Lipinski definition) is 4. The molecule has 0 radical (unpaired) electrons. The van der Waals surface area contributed by atoms with Gasteiger partial charge in [-0.25, -0.2) is 0 Å². The molecule has 0 fully saturated rings. The largest absolute Gasteiger partial charge is 0.475 e. The molecule has 0 spiro atoms. The molecule has 0 unspecified atom stereocenters. The number of nitrogens with two attached hydrogens (primary N) is 1. The molecule has 110 valence electrons. The SMILES string of the molecule is CC[C@H](C)[C@H](N)C(=O)N[C@@H](Cc1ccccc1)B(O)O. The number of hydrogen-bond acceptors (Lipinski definition) is 4. The first-order valence-electron chi connectivity index (χ1n) is 6.91. The Hall–Kier alpha value is -1.37. The fourth-order valence-electron chi connectivity index (χ4n) is 1.89. The molecule has 0 aromatic heterocycles. The Labute approximate surface area is 120 Å². The van der Waals surface area contributed by atoms with Crippen molar-refractivity contribution in [3.05, 3.63) is 35.9 Å². The molecule has 0 aliphatic rings. The molecule has 0 aliphatic heterocycles. The molecule has 1 amide bonds. The van der Waals surface area contributed by atoms with Gasteiger partial charge in [-0.15, -0.1) is 0 Å². The first-order valence-corrected chi connectivity index (χ1v) is 6.91. The van der Waals surface area contributed by atoms with E-state index >= 15 is 0 Å². The highest BCUT2D eigenvalue weighted by atomic mass is 16.4. The highest BCUT2D eigenvalue weighted by molar-refractivity contribution is 6.43. The fraction of sp³-hybridized carbons (Fsp3) is 0.500. The summed E-state index contributed by atoms with van der Waals surface area (Å²) >= 11 is 0. The lowest BCUT2D eigenvalue weighted by Crippen LogP contribution is -2.54. The van der Waals surface area contributed by atoms with Crippen molar-refractivity contribution in [3.8, 4) is 0 Å². The molecule has 6 heteroatoms. The number of nitrogens with one attached hydrogen (secondary N) is 1. The lowest BCUT2D eigenvalue weighted by atomic mass is 9.75. The van der Waals surface area contributed by atoms with Crippen LogP contribution in [0.5, 0.6) is 0 Å². The average molecular weight is 278 g/mol. The summed E-state index contributed by atoms with van der Waals surface area (Å²) in [5, 5.41) is 21.4. The Morgan fingerprint density at radius 2 is 1.95 bits per heavy atom. The van der Waals surface area contributed by atoms with Gasteiger partial charge < -0.3 is 21.1 Å². The van der Waals surface area contributed by atoms with Crippen molar-refractivity contribution in [1.82, 2.24) is 5.32 Å². The second-order valence-corrected chi connectivity index (χ2v) is 5.13. The maximum absolute atomic E-state index is 12.0. The molecule has 0 aliphatic carbocycles. The highest BCUT2D eigenvalue weighted by Gasteiger charge is 2.28. The van der Waals surface area contributed by atoms with Gasteiger partial charge in [-0.2, -0.15) is 0 Å². The third-order valence-corrected chi connectivity index (χ3v) is 3.55. The lowest BCUT2D eigenvalue weighted by molar-refractivity contribution is -0.123. The summed E-state index contributed by atoms with van der Waals surface area (Å²) in [5.41, 5.74) is 6.76. The van der Waals surface area contributed by atoms with E-state index < -0.39 is 19.1 Å². The van der Waals surface area contributed by atoms with Gasteiger partial charge >= 0.3 is 7.12 Å². The number of benzene rings is 1. The van der Waals surface area contributed by atoms with E-state index in [9.17, 15) is 14.8 Å². The van der Waals surface area contributed by atoms with E-state index in [2.05, 4.69) is 5.32 Å². The van der Waals surface area contributed by atoms with Gasteiger partial charge in [0, 0.05) is 0 Å². The molecule has 0 saturated heterocycles. The molecule has 0 heterocycles. The van der Waals surface area contributed by atoms with E-state index in [1.165, 1.54) is 0 Å². The molecule has 1 aromatic carbocycles. The second-order valence-electron chi connectivity index (χ2n) is 5.13. The van der Waals surface area contributed by atoms with Crippen LogP contribution in [0, 0.1) is 5.92 Å². The van der Waals surface area contributed by atoms with Crippen LogP contribution in [-0.4, -0.2) is 35.1 Å². The van der Waals surface area contributed by atoms with E-state index in [4.69, 9.17) is 5.73 Å². The lowest BCUT2D eigenvalue weighted by Gasteiger charge is -2.23. The van der Waals surface area contributed by atoms with E-state index in [1.54, 1.807) is 0 Å². The van der Waals surface area contributed by atoms with Crippen molar-refractivity contribution in [2.24, 2.45) is 11.7 Å². The number of amides is 1. The van der Waals surface area contributed by atoms with Gasteiger partial charge in [0.25, 0.3) is 0 Å². The Balaban J connectivity index is 2.66. The first-order chi connectivity index (χ1) is 9.45. The highest BCUT2D eigenvalue weighted by Crippen LogP contribution is 2.08. The van der Waals surface area contributed by atoms with Gasteiger partial charge in [-0.1, -0.05) is 50.6 Å². The first kappa shape index (κ1) is 16.7. The molecular weight excluding hydrogens is 255 g/mol. The van der Waals surface area contributed by atoms with Gasteiger partial charge in [0.15, 0.2) is 0 Å². The summed E-state index contributed by atoms with van der Waals surface area (Å²) in [7, 11) is -1.62. The van der Waals surface area contributed by atoms with Crippen molar-refractivity contribution >= 4 is 13.0 Å². The molecule has 5 nitrogen and oxygen atoms in total. The molecule has 5 N–H and O–H groups in total. The Morgan fingerprint density at radius 3 is 2.45 bits per heavy atom. The molecule has 0 bridgehead atoms. The van der Waals surface area contributed by atoms with Crippen LogP contribution in [0.1, 0.15) is 25.8 Å². The molecule has 1 rings (SSSR count). The zero-order valence-electron chi connectivity index (χ0n) is 12.0. The minimum atomic E-state index is -1.62. The van der Waals surface area contributed by atoms with Crippen molar-refractivity contribution in [3.63, 3.8) is 0 Å². The van der Waals surface area contributed by atoms with Crippen LogP contribution in [0.3, 0.4) is 0 Å². The average Bonchev–Trinajstić information content (AvgIpc) is 2.45. The number of rotatable bonds is 7. The molecular formula is C14H23BN2O3. The standard InChI is InChI=1S/C14H23BN2O3/c1-3-10(2)13(16)14(18)17-12(15(19)20)9-11-7-5-4-6-8-11/h4-8,10,12-13,19-20H,3,9,16H2,1-2H3,(H,17,18)/t10-,12-,13-/m0/s1. The molecule has 0 saturated carbocycles. The van der Waals surface area contributed by atoms with Crippen LogP contribution < -0.4 is 11.1 Å². The molecule has 1 aromatic rings. The second kappa shape index (κ2) is 8.04. The summed E-state index contributed by atoms with van der Waals surface area (Å²) in [5.74, 6) is -1.07. The third-order valence-electron chi connectivity index (χ3n) is 3.55. The summed E-state index contributed by atoms with van der Waals surface area (Å²) in [6.45, 7) is 3.85. The fourth-order valence-corrected chi connectivity index (χ4v) is 1.89. The summed E-state index contributed by atoms with van der Waals surface area (Å²) in [6.07, 6.45) is 1.14. The smallest absolute Gasteiger partial charge is 0.426 e. The zero-order valence-corrected chi connectivity index (χ0v) is 12.0. The van der Waals surface area contributed by atoms with Gasteiger partial charge in [0.2, 0.25) is 5.91 Å². The van der Waals surface area contributed by atoms with Crippen LogP contribution in [0.2, 0.25) is 0 Å². The van der Waals surface area contributed by atoms with Crippen LogP contribution in [0.4, 0.5) is 0 Å². The van der Waals surface area contributed by atoms with E-state index in [1.807, 2.05) is 44.2 Å². The van der Waals surface area contributed by atoms with Crippen LogP contribution in [0.15, 0.2) is 30.3 Å².